The van der Waals surface area contributed by atoms with Gasteiger partial charge in [0, 0.05) is 13.1 Å². The molecule has 108 valence electrons. The zero-order chi connectivity index (χ0) is 13.4. The van der Waals surface area contributed by atoms with Gasteiger partial charge in [-0.2, -0.15) is 8.78 Å². The smallest absolute Gasteiger partial charge is 0.387 e. The molecule has 0 saturated heterocycles. The summed E-state index contributed by atoms with van der Waals surface area (Å²) in [5, 5.41) is 5.66. The zero-order valence-electron chi connectivity index (χ0n) is 10.5. The van der Waals surface area contributed by atoms with E-state index in [-0.39, 0.29) is 23.7 Å². The minimum atomic E-state index is -2.94. The van der Waals surface area contributed by atoms with Crippen molar-refractivity contribution in [1.82, 2.24) is 10.6 Å². The van der Waals surface area contributed by atoms with E-state index in [0.29, 0.717) is 13.1 Å². The molecule has 7 heteroatoms. The van der Waals surface area contributed by atoms with Gasteiger partial charge in [-0.25, -0.2) is 0 Å². The fraction of sp³-hybridized carbons (Fsp3) is 0.417. The molecule has 0 atom stereocenters. The number of rotatable bonds is 7. The van der Waals surface area contributed by atoms with Crippen LogP contribution in [0.1, 0.15) is 17.3 Å². The van der Waals surface area contributed by atoms with Gasteiger partial charge < -0.3 is 15.4 Å². The van der Waals surface area contributed by atoms with E-state index in [1.807, 2.05) is 6.92 Å². The van der Waals surface area contributed by atoms with Crippen LogP contribution in [0, 0.1) is 0 Å². The predicted molar refractivity (Wildman–Crippen MR) is 71.2 cm³/mol. The number of alkyl halides is 2. The molecule has 19 heavy (non-hydrogen) atoms. The second-order valence-electron chi connectivity index (χ2n) is 3.48. The van der Waals surface area contributed by atoms with Crippen LogP contribution in [0.4, 0.5) is 8.78 Å². The van der Waals surface area contributed by atoms with E-state index >= 15 is 0 Å². The molecular formula is C12H17ClF2N2O2. The van der Waals surface area contributed by atoms with E-state index in [4.69, 9.17) is 0 Å². The molecule has 0 fully saturated rings. The zero-order valence-corrected chi connectivity index (χ0v) is 11.3. The second-order valence-corrected chi connectivity index (χ2v) is 3.48. The lowest BCUT2D eigenvalue weighted by atomic mass is 10.2. The highest BCUT2D eigenvalue weighted by molar-refractivity contribution is 5.96. The van der Waals surface area contributed by atoms with Gasteiger partial charge in [0.25, 0.3) is 5.91 Å². The Morgan fingerprint density at radius 2 is 2.00 bits per heavy atom. The summed E-state index contributed by atoms with van der Waals surface area (Å²) >= 11 is 0. The normalized spacial score (nSPS) is 9.89. The van der Waals surface area contributed by atoms with Crippen molar-refractivity contribution >= 4 is 18.3 Å². The van der Waals surface area contributed by atoms with E-state index in [1.54, 1.807) is 6.07 Å². The number of likely N-dealkylation sites (N-methyl/N-ethyl adjacent to an activating group) is 1. The highest BCUT2D eigenvalue weighted by atomic mass is 35.5. The van der Waals surface area contributed by atoms with Gasteiger partial charge in [0.05, 0.1) is 5.56 Å². The van der Waals surface area contributed by atoms with Crippen LogP contribution in [0.3, 0.4) is 0 Å². The van der Waals surface area contributed by atoms with E-state index in [0.717, 1.165) is 6.54 Å². The standard InChI is InChI=1S/C12H16F2N2O2.ClH/c1-2-15-7-8-16-11(17)9-5-3-4-6-10(9)18-12(13)14;/h3-6,12,15H,2,7-8H2,1H3,(H,16,17);1H. The summed E-state index contributed by atoms with van der Waals surface area (Å²) in [5.74, 6) is -0.544. The fourth-order valence-electron chi connectivity index (χ4n) is 1.39. The van der Waals surface area contributed by atoms with Crippen LogP contribution in [-0.2, 0) is 0 Å². The molecule has 4 nitrogen and oxygen atoms in total. The lowest BCUT2D eigenvalue weighted by Gasteiger charge is -2.10. The molecule has 1 rings (SSSR count). The van der Waals surface area contributed by atoms with Crippen molar-refractivity contribution in [1.29, 1.82) is 0 Å². The Kier molecular flexibility index (Phi) is 8.82. The first-order chi connectivity index (χ1) is 8.65. The number of carbonyl (C=O) groups is 1. The third kappa shape index (κ3) is 6.35. The maximum Gasteiger partial charge on any atom is 0.387 e. The first-order valence-corrected chi connectivity index (χ1v) is 5.68. The number of halogens is 3. The maximum atomic E-state index is 12.2. The summed E-state index contributed by atoms with van der Waals surface area (Å²) in [5.41, 5.74) is 0.106. The van der Waals surface area contributed by atoms with Crippen molar-refractivity contribution in [3.05, 3.63) is 29.8 Å². The molecule has 1 amide bonds. The average molecular weight is 295 g/mol. The first-order valence-electron chi connectivity index (χ1n) is 5.68. The molecule has 0 aliphatic heterocycles. The molecule has 2 N–H and O–H groups in total. The minimum absolute atomic E-state index is 0. The molecule has 0 unspecified atom stereocenters. The van der Waals surface area contributed by atoms with Gasteiger partial charge in [0.15, 0.2) is 0 Å². The number of amides is 1. The summed E-state index contributed by atoms with van der Waals surface area (Å²) in [6.07, 6.45) is 0. The van der Waals surface area contributed by atoms with Gasteiger partial charge >= 0.3 is 6.61 Å². The number of hydrogen-bond acceptors (Lipinski definition) is 3. The lowest BCUT2D eigenvalue weighted by molar-refractivity contribution is -0.0501. The fourth-order valence-corrected chi connectivity index (χ4v) is 1.39. The van der Waals surface area contributed by atoms with Crippen LogP contribution in [-0.4, -0.2) is 32.2 Å². The van der Waals surface area contributed by atoms with Crippen molar-refractivity contribution in [3.8, 4) is 5.75 Å². The minimum Gasteiger partial charge on any atom is -0.434 e. The van der Waals surface area contributed by atoms with Gasteiger partial charge in [-0.05, 0) is 18.7 Å². The molecule has 1 aromatic rings. The van der Waals surface area contributed by atoms with Gasteiger partial charge in [-0.3, -0.25) is 4.79 Å². The van der Waals surface area contributed by atoms with E-state index < -0.39 is 12.5 Å². The van der Waals surface area contributed by atoms with E-state index in [9.17, 15) is 13.6 Å². The van der Waals surface area contributed by atoms with Crippen molar-refractivity contribution in [2.24, 2.45) is 0 Å². The maximum absolute atomic E-state index is 12.2. The molecule has 0 aliphatic carbocycles. The second kappa shape index (κ2) is 9.52. The van der Waals surface area contributed by atoms with Crippen molar-refractivity contribution in [3.63, 3.8) is 0 Å². The van der Waals surface area contributed by atoms with E-state index in [2.05, 4.69) is 15.4 Å². The highest BCUT2D eigenvalue weighted by Crippen LogP contribution is 2.19. The number of hydrogen-bond donors (Lipinski definition) is 2. The molecular weight excluding hydrogens is 278 g/mol. The average Bonchev–Trinajstić information content (AvgIpc) is 2.34. The molecule has 0 radical (unpaired) electrons. The largest absolute Gasteiger partial charge is 0.434 e. The quantitative estimate of drug-likeness (QED) is 0.757. The Morgan fingerprint density at radius 1 is 1.32 bits per heavy atom. The summed E-state index contributed by atoms with van der Waals surface area (Å²) in [7, 11) is 0. The molecule has 0 bridgehead atoms. The SMILES string of the molecule is CCNCCNC(=O)c1ccccc1OC(F)F.Cl. The molecule has 0 aromatic heterocycles. The molecule has 0 saturated carbocycles. The van der Waals surface area contributed by atoms with Crippen LogP contribution in [0.15, 0.2) is 24.3 Å². The van der Waals surface area contributed by atoms with Crippen molar-refractivity contribution < 1.29 is 18.3 Å². The molecule has 0 spiro atoms. The summed E-state index contributed by atoms with van der Waals surface area (Å²) in [4.78, 5) is 11.7. The Balaban J connectivity index is 0.00000324. The summed E-state index contributed by atoms with van der Waals surface area (Å²) in [6.45, 7) is 0.866. The van der Waals surface area contributed by atoms with Crippen LogP contribution in [0.25, 0.3) is 0 Å². The Morgan fingerprint density at radius 3 is 2.63 bits per heavy atom. The Bertz CT molecular complexity index is 392. The number of benzene rings is 1. The first kappa shape index (κ1) is 17.6. The molecule has 1 aromatic carbocycles. The lowest BCUT2D eigenvalue weighted by Crippen LogP contribution is -2.32. The van der Waals surface area contributed by atoms with Crippen LogP contribution < -0.4 is 15.4 Å². The predicted octanol–water partition coefficient (Wildman–Crippen LogP) is 2.05. The van der Waals surface area contributed by atoms with Crippen LogP contribution >= 0.6 is 12.4 Å². The third-order valence-electron chi connectivity index (χ3n) is 2.19. The number of carbonyl (C=O) groups excluding carboxylic acids is 1. The Hall–Kier alpha value is -1.40. The van der Waals surface area contributed by atoms with Gasteiger partial charge in [0.2, 0.25) is 0 Å². The molecule has 0 heterocycles. The number of ether oxygens (including phenoxy) is 1. The topological polar surface area (TPSA) is 50.4 Å². The number of para-hydroxylation sites is 1. The third-order valence-corrected chi connectivity index (χ3v) is 2.19. The van der Waals surface area contributed by atoms with Gasteiger partial charge in [-0.1, -0.05) is 19.1 Å². The summed E-state index contributed by atoms with van der Waals surface area (Å²) < 4.78 is 28.6. The van der Waals surface area contributed by atoms with Crippen LogP contribution in [0.5, 0.6) is 5.75 Å². The monoisotopic (exact) mass is 294 g/mol. The van der Waals surface area contributed by atoms with Gasteiger partial charge in [0.1, 0.15) is 5.75 Å². The van der Waals surface area contributed by atoms with Crippen LogP contribution in [0.2, 0.25) is 0 Å². The Labute approximate surface area is 116 Å². The number of nitrogens with one attached hydrogen (secondary N) is 2. The highest BCUT2D eigenvalue weighted by Gasteiger charge is 2.14. The molecule has 0 aliphatic rings. The van der Waals surface area contributed by atoms with Crippen molar-refractivity contribution in [2.75, 3.05) is 19.6 Å². The van der Waals surface area contributed by atoms with Crippen molar-refractivity contribution in [2.45, 2.75) is 13.5 Å². The summed E-state index contributed by atoms with van der Waals surface area (Å²) in [6, 6.07) is 5.91. The van der Waals surface area contributed by atoms with E-state index in [1.165, 1.54) is 18.2 Å². The van der Waals surface area contributed by atoms with Gasteiger partial charge in [-0.15, -0.1) is 12.4 Å².